The molecule has 0 spiro atoms. The van der Waals surface area contributed by atoms with Gasteiger partial charge in [-0.15, -0.1) is 0 Å². The van der Waals surface area contributed by atoms with Crippen LogP contribution < -0.4 is 0 Å². The Labute approximate surface area is 123 Å². The third-order valence-corrected chi connectivity index (χ3v) is 4.24. The van der Waals surface area contributed by atoms with E-state index in [1.807, 2.05) is 0 Å². The number of aliphatic hydroxyl groups excluding tert-OH is 1. The molecule has 1 aliphatic carbocycles. The predicted octanol–water partition coefficient (Wildman–Crippen LogP) is 4.00. The zero-order chi connectivity index (χ0) is 14.8. The van der Waals surface area contributed by atoms with Gasteiger partial charge in [-0.3, -0.25) is 0 Å². The summed E-state index contributed by atoms with van der Waals surface area (Å²) in [5.74, 6) is 0.257. The van der Waals surface area contributed by atoms with Crippen LogP contribution in [0.5, 0.6) is 0 Å². The quantitative estimate of drug-likeness (QED) is 0.395. The predicted molar refractivity (Wildman–Crippen MR) is 81.4 cm³/mol. The van der Waals surface area contributed by atoms with Crippen LogP contribution in [0, 0.1) is 5.92 Å². The smallest absolute Gasteiger partial charge is 0.333 e. The van der Waals surface area contributed by atoms with Crippen LogP contribution in [0.3, 0.4) is 0 Å². The Balaban J connectivity index is 2.03. The Hall–Kier alpha value is -0.830. The zero-order valence-corrected chi connectivity index (χ0v) is 12.9. The van der Waals surface area contributed by atoms with Gasteiger partial charge in [0.1, 0.15) is 0 Å². The maximum atomic E-state index is 11.4. The Morgan fingerprint density at radius 3 is 2.60 bits per heavy atom. The van der Waals surface area contributed by atoms with Crippen LogP contribution in [0.25, 0.3) is 0 Å². The Morgan fingerprint density at radius 2 is 1.95 bits per heavy atom. The van der Waals surface area contributed by atoms with E-state index in [-0.39, 0.29) is 12.1 Å². The molecule has 0 aromatic rings. The van der Waals surface area contributed by atoms with E-state index in [0.29, 0.717) is 24.5 Å². The molecule has 0 aromatic heterocycles. The summed E-state index contributed by atoms with van der Waals surface area (Å²) < 4.78 is 4.90. The first kappa shape index (κ1) is 17.2. The summed E-state index contributed by atoms with van der Waals surface area (Å²) >= 11 is 0. The first-order chi connectivity index (χ1) is 9.65. The molecule has 1 atom stereocenters. The van der Waals surface area contributed by atoms with Crippen LogP contribution in [-0.2, 0) is 9.53 Å². The average Bonchev–Trinajstić information content (AvgIpc) is 2.47. The summed E-state index contributed by atoms with van der Waals surface area (Å²) in [7, 11) is 0. The Kier molecular flexibility index (Phi) is 8.59. The summed E-state index contributed by atoms with van der Waals surface area (Å²) in [5.41, 5.74) is 0.569. The van der Waals surface area contributed by atoms with Gasteiger partial charge in [-0.25, -0.2) is 4.79 Å². The van der Waals surface area contributed by atoms with Crippen molar-refractivity contribution < 1.29 is 14.6 Å². The van der Waals surface area contributed by atoms with Crippen LogP contribution in [0.15, 0.2) is 12.2 Å². The first-order valence-electron chi connectivity index (χ1n) is 8.18. The number of carbonyl (C=O) groups excluding carboxylic acids is 1. The van der Waals surface area contributed by atoms with Crippen molar-refractivity contribution in [2.75, 3.05) is 6.61 Å². The lowest BCUT2D eigenvalue weighted by atomic mass is 9.83. The molecular formula is C17H30O3. The van der Waals surface area contributed by atoms with Crippen molar-refractivity contribution >= 4 is 5.97 Å². The van der Waals surface area contributed by atoms with Crippen LogP contribution in [0.2, 0.25) is 0 Å². The van der Waals surface area contributed by atoms with Crippen molar-refractivity contribution in [1.29, 1.82) is 0 Å². The van der Waals surface area contributed by atoms with Gasteiger partial charge in [-0.05, 0) is 44.9 Å². The number of ether oxygens (including phenoxy) is 1. The van der Waals surface area contributed by atoms with E-state index < -0.39 is 0 Å². The summed E-state index contributed by atoms with van der Waals surface area (Å²) in [6.45, 7) is 5.97. The van der Waals surface area contributed by atoms with Gasteiger partial charge in [0.15, 0.2) is 0 Å². The summed E-state index contributed by atoms with van der Waals surface area (Å²) in [6.07, 6.45) is 10.8. The minimum absolute atomic E-state index is 0.122. The Morgan fingerprint density at radius 1 is 1.25 bits per heavy atom. The minimum Gasteiger partial charge on any atom is -0.463 e. The van der Waals surface area contributed by atoms with Gasteiger partial charge in [0.05, 0.1) is 12.7 Å². The fourth-order valence-electron chi connectivity index (χ4n) is 2.96. The van der Waals surface area contributed by atoms with Gasteiger partial charge < -0.3 is 9.84 Å². The van der Waals surface area contributed by atoms with Crippen LogP contribution in [0.1, 0.15) is 71.1 Å². The highest BCUT2D eigenvalue weighted by molar-refractivity contribution is 5.87. The molecule has 0 radical (unpaired) electrons. The third-order valence-electron chi connectivity index (χ3n) is 4.24. The van der Waals surface area contributed by atoms with Crippen molar-refractivity contribution in [3.8, 4) is 0 Å². The normalized spacial score (nSPS) is 17.7. The lowest BCUT2D eigenvalue weighted by Gasteiger charge is -2.26. The Bertz CT molecular complexity index is 293. The highest BCUT2D eigenvalue weighted by atomic mass is 16.5. The fourth-order valence-corrected chi connectivity index (χ4v) is 2.96. The van der Waals surface area contributed by atoms with Gasteiger partial charge >= 0.3 is 5.97 Å². The van der Waals surface area contributed by atoms with Crippen molar-refractivity contribution in [1.82, 2.24) is 0 Å². The second-order valence-corrected chi connectivity index (χ2v) is 5.89. The number of unbranched alkanes of at least 4 members (excludes halogenated alkanes) is 2. The molecule has 0 aromatic carbocycles. The molecule has 1 rings (SSSR count). The molecule has 3 heteroatoms. The average molecular weight is 282 g/mol. The van der Waals surface area contributed by atoms with Crippen LogP contribution in [0.4, 0.5) is 0 Å². The number of hydrogen-bond donors (Lipinski definition) is 1. The summed E-state index contributed by atoms with van der Waals surface area (Å²) in [5, 5.41) is 10.1. The van der Waals surface area contributed by atoms with E-state index in [1.54, 1.807) is 6.92 Å². The SMILES string of the molecule is C=C(CCCCCC(O)C1CCCCC1)C(=O)OCC. The molecule has 1 unspecified atom stereocenters. The lowest BCUT2D eigenvalue weighted by Crippen LogP contribution is -2.22. The molecule has 0 aliphatic heterocycles. The standard InChI is InChI=1S/C17H30O3/c1-3-20-17(19)14(2)10-6-4-9-13-16(18)15-11-7-5-8-12-15/h15-16,18H,2-13H2,1H3. The number of carbonyl (C=O) groups is 1. The monoisotopic (exact) mass is 282 g/mol. The largest absolute Gasteiger partial charge is 0.463 e. The van der Waals surface area contributed by atoms with Crippen molar-refractivity contribution in [2.45, 2.75) is 77.2 Å². The van der Waals surface area contributed by atoms with E-state index in [4.69, 9.17) is 4.74 Å². The number of aliphatic hydroxyl groups is 1. The van der Waals surface area contributed by atoms with E-state index in [2.05, 4.69) is 6.58 Å². The molecule has 0 heterocycles. The van der Waals surface area contributed by atoms with Crippen LogP contribution in [-0.4, -0.2) is 23.8 Å². The molecule has 0 amide bonds. The molecule has 0 saturated heterocycles. The van der Waals surface area contributed by atoms with E-state index >= 15 is 0 Å². The maximum absolute atomic E-state index is 11.4. The van der Waals surface area contributed by atoms with Crippen molar-refractivity contribution in [3.63, 3.8) is 0 Å². The van der Waals surface area contributed by atoms with Gasteiger partial charge in [0.2, 0.25) is 0 Å². The summed E-state index contributed by atoms with van der Waals surface area (Å²) in [4.78, 5) is 11.4. The lowest BCUT2D eigenvalue weighted by molar-refractivity contribution is -0.138. The highest BCUT2D eigenvalue weighted by Crippen LogP contribution is 2.28. The van der Waals surface area contributed by atoms with Gasteiger partial charge in [-0.1, -0.05) is 38.7 Å². The molecule has 1 fully saturated rings. The second kappa shape index (κ2) is 9.98. The molecular weight excluding hydrogens is 252 g/mol. The van der Waals surface area contributed by atoms with Gasteiger partial charge in [0.25, 0.3) is 0 Å². The molecule has 3 nitrogen and oxygen atoms in total. The third kappa shape index (κ3) is 6.56. The zero-order valence-electron chi connectivity index (χ0n) is 12.9. The second-order valence-electron chi connectivity index (χ2n) is 5.89. The topological polar surface area (TPSA) is 46.5 Å². The fraction of sp³-hybridized carbons (Fsp3) is 0.824. The molecule has 1 saturated carbocycles. The number of hydrogen-bond acceptors (Lipinski definition) is 3. The van der Waals surface area contributed by atoms with E-state index in [9.17, 15) is 9.90 Å². The first-order valence-corrected chi connectivity index (χ1v) is 8.18. The minimum atomic E-state index is -0.269. The molecule has 1 N–H and O–H groups in total. The van der Waals surface area contributed by atoms with Crippen LogP contribution >= 0.6 is 0 Å². The molecule has 20 heavy (non-hydrogen) atoms. The maximum Gasteiger partial charge on any atom is 0.333 e. The number of esters is 1. The summed E-state index contributed by atoms with van der Waals surface area (Å²) in [6, 6.07) is 0. The number of rotatable bonds is 9. The molecule has 116 valence electrons. The van der Waals surface area contributed by atoms with Crippen molar-refractivity contribution in [2.24, 2.45) is 5.92 Å². The molecule has 0 bridgehead atoms. The molecule has 1 aliphatic rings. The van der Waals surface area contributed by atoms with E-state index in [1.165, 1.54) is 32.1 Å². The highest BCUT2D eigenvalue weighted by Gasteiger charge is 2.20. The van der Waals surface area contributed by atoms with Gasteiger partial charge in [-0.2, -0.15) is 0 Å². The van der Waals surface area contributed by atoms with Gasteiger partial charge in [0, 0.05) is 5.57 Å². The van der Waals surface area contributed by atoms with Crippen molar-refractivity contribution in [3.05, 3.63) is 12.2 Å². The van der Waals surface area contributed by atoms with E-state index in [0.717, 1.165) is 25.7 Å².